The van der Waals surface area contributed by atoms with Gasteiger partial charge in [-0.05, 0) is 41.5 Å². The lowest BCUT2D eigenvalue weighted by molar-refractivity contribution is 0.0978. The summed E-state index contributed by atoms with van der Waals surface area (Å²) in [6, 6.07) is 9.76. The number of halogens is 1. The number of unbranched alkanes of at least 4 members (excludes halogenated alkanes) is 3. The maximum atomic E-state index is 11.8. The third-order valence-corrected chi connectivity index (χ3v) is 3.31. The number of benzene rings is 1. The molecule has 0 radical (unpaired) electrons. The van der Waals surface area contributed by atoms with Crippen LogP contribution in [-0.4, -0.2) is 5.78 Å². The number of nitrogens with zero attached hydrogens (tertiary/aromatic N) is 1. The van der Waals surface area contributed by atoms with Crippen molar-refractivity contribution in [3.63, 3.8) is 0 Å². The molecule has 16 heavy (non-hydrogen) atoms. The Labute approximate surface area is 110 Å². The van der Waals surface area contributed by atoms with E-state index in [9.17, 15) is 4.79 Å². The monoisotopic (exact) mass is 327 g/mol. The second-order valence-corrected chi connectivity index (χ2v) is 4.78. The number of hydrogen-bond donors (Lipinski definition) is 0. The van der Waals surface area contributed by atoms with Crippen LogP contribution in [0.3, 0.4) is 0 Å². The molecule has 0 heterocycles. The lowest BCUT2D eigenvalue weighted by Crippen LogP contribution is -2.01. The van der Waals surface area contributed by atoms with E-state index in [1.165, 1.54) is 0 Å². The number of ketones is 1. The first kappa shape index (κ1) is 13.2. The minimum absolute atomic E-state index is 0.210. The van der Waals surface area contributed by atoms with E-state index in [0.717, 1.165) is 28.4 Å². The molecule has 1 rings (SSSR count). The highest BCUT2D eigenvalue weighted by Crippen LogP contribution is 2.15. The van der Waals surface area contributed by atoms with Crippen LogP contribution in [-0.2, 0) is 0 Å². The molecule has 0 aliphatic carbocycles. The number of rotatable bonds is 6. The predicted molar refractivity (Wildman–Crippen MR) is 72.2 cm³/mol. The van der Waals surface area contributed by atoms with Crippen LogP contribution in [0.15, 0.2) is 24.3 Å². The minimum Gasteiger partial charge on any atom is -0.294 e. The molecule has 0 aliphatic rings. The van der Waals surface area contributed by atoms with Crippen molar-refractivity contribution in [1.29, 1.82) is 5.26 Å². The molecule has 2 nitrogen and oxygen atoms in total. The van der Waals surface area contributed by atoms with Crippen LogP contribution in [0.1, 0.15) is 42.5 Å². The molecule has 1 aromatic carbocycles. The Balaban J connectivity index is 2.36. The molecule has 0 saturated carbocycles. The SMILES string of the molecule is N#CCCCCCC(=O)c1ccccc1I. The third kappa shape index (κ3) is 4.31. The molecule has 0 aromatic heterocycles. The van der Waals surface area contributed by atoms with Gasteiger partial charge in [0.1, 0.15) is 0 Å². The molecular formula is C13H14INO. The number of hydrogen-bond acceptors (Lipinski definition) is 2. The summed E-state index contributed by atoms with van der Waals surface area (Å²) < 4.78 is 1.02. The van der Waals surface area contributed by atoms with Crippen molar-refractivity contribution in [2.24, 2.45) is 0 Å². The van der Waals surface area contributed by atoms with Crippen LogP contribution < -0.4 is 0 Å². The first-order chi connectivity index (χ1) is 7.75. The van der Waals surface area contributed by atoms with Gasteiger partial charge in [0, 0.05) is 22.0 Å². The van der Waals surface area contributed by atoms with E-state index in [4.69, 9.17) is 5.26 Å². The fourth-order valence-corrected chi connectivity index (χ4v) is 2.18. The average molecular weight is 327 g/mol. The Morgan fingerprint density at radius 1 is 1.25 bits per heavy atom. The molecule has 0 aliphatic heterocycles. The Morgan fingerprint density at radius 3 is 2.69 bits per heavy atom. The van der Waals surface area contributed by atoms with E-state index in [-0.39, 0.29) is 5.78 Å². The number of Topliss-reactive ketones (excluding diaryl/α,β-unsaturated/α-hetero) is 1. The smallest absolute Gasteiger partial charge is 0.163 e. The molecule has 0 fully saturated rings. The van der Waals surface area contributed by atoms with E-state index in [1.807, 2.05) is 24.3 Å². The van der Waals surface area contributed by atoms with Gasteiger partial charge in [-0.15, -0.1) is 0 Å². The average Bonchev–Trinajstić information content (AvgIpc) is 2.29. The Bertz CT molecular complexity index is 395. The zero-order valence-corrected chi connectivity index (χ0v) is 11.2. The molecule has 0 spiro atoms. The zero-order chi connectivity index (χ0) is 11.8. The van der Waals surface area contributed by atoms with Crippen molar-refractivity contribution >= 4 is 28.4 Å². The van der Waals surface area contributed by atoms with Crippen LogP contribution in [0, 0.1) is 14.9 Å². The van der Waals surface area contributed by atoms with Gasteiger partial charge in [-0.2, -0.15) is 5.26 Å². The third-order valence-electron chi connectivity index (χ3n) is 2.37. The van der Waals surface area contributed by atoms with Crippen LogP contribution in [0.25, 0.3) is 0 Å². The van der Waals surface area contributed by atoms with Gasteiger partial charge >= 0.3 is 0 Å². The lowest BCUT2D eigenvalue weighted by atomic mass is 10.0. The zero-order valence-electron chi connectivity index (χ0n) is 9.08. The maximum absolute atomic E-state index is 11.8. The quantitative estimate of drug-likeness (QED) is 0.451. The standard InChI is InChI=1S/C13H14INO/c14-12-8-5-4-7-11(12)13(16)9-3-1-2-6-10-15/h4-5,7-8H,1-3,6,9H2. The lowest BCUT2D eigenvalue weighted by Gasteiger charge is -2.02. The molecule has 0 atom stereocenters. The summed E-state index contributed by atoms with van der Waals surface area (Å²) in [5.74, 6) is 0.210. The van der Waals surface area contributed by atoms with Crippen molar-refractivity contribution in [2.45, 2.75) is 32.1 Å². The predicted octanol–water partition coefficient (Wildman–Crippen LogP) is 3.95. The second-order valence-electron chi connectivity index (χ2n) is 3.62. The molecule has 3 heteroatoms. The van der Waals surface area contributed by atoms with Crippen molar-refractivity contribution in [1.82, 2.24) is 0 Å². The minimum atomic E-state index is 0.210. The van der Waals surface area contributed by atoms with E-state index in [2.05, 4.69) is 28.7 Å². The molecule has 1 aromatic rings. The largest absolute Gasteiger partial charge is 0.294 e. The summed E-state index contributed by atoms with van der Waals surface area (Å²) in [6.07, 6.45) is 3.92. The van der Waals surface area contributed by atoms with E-state index >= 15 is 0 Å². The summed E-state index contributed by atoms with van der Waals surface area (Å²) in [6.45, 7) is 0. The number of carbonyl (C=O) groups excluding carboxylic acids is 1. The van der Waals surface area contributed by atoms with Gasteiger partial charge in [-0.25, -0.2) is 0 Å². The van der Waals surface area contributed by atoms with Crippen LogP contribution >= 0.6 is 22.6 Å². The second kappa shape index (κ2) is 7.39. The Hall–Kier alpha value is -0.890. The van der Waals surface area contributed by atoms with E-state index in [0.29, 0.717) is 12.8 Å². The van der Waals surface area contributed by atoms with Crippen LogP contribution in [0.4, 0.5) is 0 Å². The van der Waals surface area contributed by atoms with Gasteiger partial charge in [0.15, 0.2) is 5.78 Å². The van der Waals surface area contributed by atoms with E-state index < -0.39 is 0 Å². The molecule has 0 saturated heterocycles. The van der Waals surface area contributed by atoms with Crippen molar-refractivity contribution in [2.75, 3.05) is 0 Å². The van der Waals surface area contributed by atoms with Crippen LogP contribution in [0.5, 0.6) is 0 Å². The fraction of sp³-hybridized carbons (Fsp3) is 0.385. The molecule has 0 unspecified atom stereocenters. The first-order valence-electron chi connectivity index (χ1n) is 5.40. The van der Waals surface area contributed by atoms with Gasteiger partial charge < -0.3 is 0 Å². The summed E-state index contributed by atoms with van der Waals surface area (Å²) >= 11 is 2.19. The highest BCUT2D eigenvalue weighted by atomic mass is 127. The molecule has 0 amide bonds. The highest BCUT2D eigenvalue weighted by Gasteiger charge is 2.08. The summed E-state index contributed by atoms with van der Waals surface area (Å²) in [4.78, 5) is 11.8. The Morgan fingerprint density at radius 2 is 2.00 bits per heavy atom. The molecular weight excluding hydrogens is 313 g/mol. The summed E-state index contributed by atoms with van der Waals surface area (Å²) in [7, 11) is 0. The van der Waals surface area contributed by atoms with Crippen LogP contribution in [0.2, 0.25) is 0 Å². The molecule has 0 N–H and O–H groups in total. The fourth-order valence-electron chi connectivity index (χ4n) is 1.49. The normalized spacial score (nSPS) is 9.75. The van der Waals surface area contributed by atoms with Gasteiger partial charge in [-0.3, -0.25) is 4.79 Å². The summed E-state index contributed by atoms with van der Waals surface area (Å²) in [5, 5.41) is 8.37. The van der Waals surface area contributed by atoms with Crippen molar-refractivity contribution < 1.29 is 4.79 Å². The van der Waals surface area contributed by atoms with Gasteiger partial charge in [-0.1, -0.05) is 24.6 Å². The summed E-state index contributed by atoms with van der Waals surface area (Å²) in [5.41, 5.74) is 0.823. The van der Waals surface area contributed by atoms with Gasteiger partial charge in [0.25, 0.3) is 0 Å². The Kier molecular flexibility index (Phi) is 6.09. The highest BCUT2D eigenvalue weighted by molar-refractivity contribution is 14.1. The van der Waals surface area contributed by atoms with Crippen molar-refractivity contribution in [3.8, 4) is 6.07 Å². The molecule has 84 valence electrons. The molecule has 0 bridgehead atoms. The van der Waals surface area contributed by atoms with Gasteiger partial charge in [0.2, 0.25) is 0 Å². The maximum Gasteiger partial charge on any atom is 0.163 e. The van der Waals surface area contributed by atoms with Gasteiger partial charge in [0.05, 0.1) is 6.07 Å². The van der Waals surface area contributed by atoms with Crippen molar-refractivity contribution in [3.05, 3.63) is 33.4 Å². The first-order valence-corrected chi connectivity index (χ1v) is 6.48. The number of nitriles is 1. The number of carbonyl (C=O) groups is 1. The van der Waals surface area contributed by atoms with E-state index in [1.54, 1.807) is 0 Å². The topological polar surface area (TPSA) is 40.9 Å².